The molecule has 0 fully saturated rings. The molecule has 1 N–H and O–H groups in total. The van der Waals surface area contributed by atoms with Crippen molar-refractivity contribution in [3.8, 4) is 5.75 Å². The summed E-state index contributed by atoms with van der Waals surface area (Å²) in [5.74, 6) is 0.880. The Bertz CT molecular complexity index is 203. The van der Waals surface area contributed by atoms with E-state index in [1.807, 2.05) is 12.1 Å². The van der Waals surface area contributed by atoms with Gasteiger partial charge in [-0.25, -0.2) is 0 Å². The van der Waals surface area contributed by atoms with Gasteiger partial charge in [-0.3, -0.25) is 0 Å². The van der Waals surface area contributed by atoms with Gasteiger partial charge >= 0.3 is 0 Å². The normalized spacial score (nSPS) is 9.36. The van der Waals surface area contributed by atoms with Gasteiger partial charge in [0.25, 0.3) is 0 Å². The number of rotatable bonds is 1. The van der Waals surface area contributed by atoms with Crippen LogP contribution in [0.1, 0.15) is 25.3 Å². The van der Waals surface area contributed by atoms with E-state index in [-0.39, 0.29) is 29.6 Å². The van der Waals surface area contributed by atoms with Gasteiger partial charge in [0.15, 0.2) is 0 Å². The Hall–Kier alpha value is 0.0200. The summed E-state index contributed by atoms with van der Waals surface area (Å²) < 4.78 is 0. The molecule has 1 radical (unpaired) electrons. The van der Waals surface area contributed by atoms with Crippen LogP contribution >= 0.6 is 0 Å². The van der Waals surface area contributed by atoms with Crippen molar-refractivity contribution in [2.24, 2.45) is 0 Å². The monoisotopic (exact) mass is 159 g/mol. The van der Waals surface area contributed by atoms with Crippen molar-refractivity contribution in [1.82, 2.24) is 0 Å². The van der Waals surface area contributed by atoms with Crippen molar-refractivity contribution < 1.29 is 5.11 Å². The van der Waals surface area contributed by atoms with E-state index in [0.717, 1.165) is 0 Å². The number of phenolic OH excluding ortho intramolecular Hbond substituents is 1. The molecule has 0 aromatic heterocycles. The van der Waals surface area contributed by atoms with Crippen molar-refractivity contribution in [1.29, 1.82) is 0 Å². The van der Waals surface area contributed by atoms with Gasteiger partial charge in [0, 0.05) is 29.6 Å². The van der Waals surface area contributed by atoms with Crippen LogP contribution in [0.25, 0.3) is 0 Å². The van der Waals surface area contributed by atoms with Crippen molar-refractivity contribution in [3.63, 3.8) is 0 Å². The Labute approximate surface area is 89.7 Å². The molecule has 0 aliphatic carbocycles. The maximum Gasteiger partial charge on any atom is 0.115 e. The van der Waals surface area contributed by atoms with Crippen LogP contribution in [0.5, 0.6) is 5.75 Å². The standard InChI is InChI=1S/C9H12O.Na/c1-7(2)8-3-5-9(10)6-4-8;/h3-7,10H,1-2H3;. The summed E-state index contributed by atoms with van der Waals surface area (Å²) in [5, 5.41) is 8.94. The zero-order valence-corrected chi connectivity index (χ0v) is 9.33. The summed E-state index contributed by atoms with van der Waals surface area (Å²) in [5.41, 5.74) is 1.26. The molecule has 11 heavy (non-hydrogen) atoms. The van der Waals surface area contributed by atoms with Crippen LogP contribution in [0.15, 0.2) is 24.3 Å². The number of hydrogen-bond donors (Lipinski definition) is 1. The summed E-state index contributed by atoms with van der Waals surface area (Å²) in [6, 6.07) is 7.32. The van der Waals surface area contributed by atoms with Gasteiger partial charge in [-0.1, -0.05) is 26.0 Å². The molecule has 1 aromatic rings. The molecule has 0 atom stereocenters. The summed E-state index contributed by atoms with van der Waals surface area (Å²) in [6.07, 6.45) is 0. The summed E-state index contributed by atoms with van der Waals surface area (Å²) in [7, 11) is 0. The first kappa shape index (κ1) is 11.0. The third kappa shape index (κ3) is 3.28. The minimum absolute atomic E-state index is 0. The Balaban J connectivity index is 0.000001000. The molecule has 1 rings (SSSR count). The summed E-state index contributed by atoms with van der Waals surface area (Å²) >= 11 is 0. The average molecular weight is 159 g/mol. The van der Waals surface area contributed by atoms with Crippen LogP contribution in [0, 0.1) is 0 Å². The Morgan fingerprint density at radius 2 is 1.55 bits per heavy atom. The minimum atomic E-state index is 0. The maximum atomic E-state index is 8.94. The van der Waals surface area contributed by atoms with E-state index in [0.29, 0.717) is 11.7 Å². The van der Waals surface area contributed by atoms with Crippen LogP contribution in [0.4, 0.5) is 0 Å². The van der Waals surface area contributed by atoms with Crippen LogP contribution in [-0.2, 0) is 0 Å². The number of benzene rings is 1. The van der Waals surface area contributed by atoms with E-state index in [9.17, 15) is 0 Å². The van der Waals surface area contributed by atoms with Gasteiger partial charge in [-0.05, 0) is 23.6 Å². The Morgan fingerprint density at radius 1 is 1.09 bits per heavy atom. The van der Waals surface area contributed by atoms with E-state index in [1.54, 1.807) is 12.1 Å². The number of phenols is 1. The molecule has 2 heteroatoms. The van der Waals surface area contributed by atoms with Gasteiger partial charge in [0.2, 0.25) is 0 Å². The van der Waals surface area contributed by atoms with Gasteiger partial charge < -0.3 is 5.11 Å². The molecule has 0 aliphatic heterocycles. The zero-order chi connectivity index (χ0) is 7.56. The van der Waals surface area contributed by atoms with Gasteiger partial charge in [0.05, 0.1) is 0 Å². The van der Waals surface area contributed by atoms with Gasteiger partial charge in [0.1, 0.15) is 5.75 Å². The van der Waals surface area contributed by atoms with Crippen molar-refractivity contribution in [2.45, 2.75) is 19.8 Å². The van der Waals surface area contributed by atoms with Crippen molar-refractivity contribution in [2.75, 3.05) is 0 Å². The topological polar surface area (TPSA) is 20.2 Å². The molecule has 55 valence electrons. The van der Waals surface area contributed by atoms with Crippen LogP contribution in [-0.4, -0.2) is 34.7 Å². The third-order valence-electron chi connectivity index (χ3n) is 1.56. The third-order valence-corrected chi connectivity index (χ3v) is 1.56. The molecule has 1 aromatic carbocycles. The van der Waals surface area contributed by atoms with Gasteiger partial charge in [-0.15, -0.1) is 0 Å². The number of aromatic hydroxyl groups is 1. The molecular weight excluding hydrogens is 147 g/mol. The predicted octanol–water partition coefficient (Wildman–Crippen LogP) is 2.13. The van der Waals surface area contributed by atoms with E-state index < -0.39 is 0 Å². The minimum Gasteiger partial charge on any atom is -0.508 e. The van der Waals surface area contributed by atoms with E-state index in [1.165, 1.54) is 5.56 Å². The fraction of sp³-hybridized carbons (Fsp3) is 0.333. The van der Waals surface area contributed by atoms with Crippen LogP contribution < -0.4 is 0 Å². The average Bonchev–Trinajstić information content (AvgIpc) is 1.88. The molecule has 0 aliphatic rings. The van der Waals surface area contributed by atoms with Crippen molar-refractivity contribution in [3.05, 3.63) is 29.8 Å². The second kappa shape index (κ2) is 4.81. The van der Waals surface area contributed by atoms with Gasteiger partial charge in [-0.2, -0.15) is 0 Å². The second-order valence-corrected chi connectivity index (χ2v) is 2.75. The first-order valence-corrected chi connectivity index (χ1v) is 3.49. The molecule has 0 saturated carbocycles. The molecule has 0 heterocycles. The molecule has 0 spiro atoms. The summed E-state index contributed by atoms with van der Waals surface area (Å²) in [4.78, 5) is 0. The van der Waals surface area contributed by atoms with E-state index in [2.05, 4.69) is 13.8 Å². The fourth-order valence-electron chi connectivity index (χ4n) is 0.859. The maximum absolute atomic E-state index is 8.94. The molecule has 0 bridgehead atoms. The fourth-order valence-corrected chi connectivity index (χ4v) is 0.859. The number of hydrogen-bond acceptors (Lipinski definition) is 1. The SMILES string of the molecule is CC(C)c1ccc(O)cc1.[Na]. The molecule has 0 unspecified atom stereocenters. The smallest absolute Gasteiger partial charge is 0.115 e. The second-order valence-electron chi connectivity index (χ2n) is 2.75. The quantitative estimate of drug-likeness (QED) is 0.622. The molecular formula is C9H12NaO. The molecule has 0 saturated heterocycles. The largest absolute Gasteiger partial charge is 0.508 e. The molecule has 0 amide bonds. The first-order chi connectivity index (χ1) is 4.70. The van der Waals surface area contributed by atoms with Crippen molar-refractivity contribution >= 4 is 29.6 Å². The van der Waals surface area contributed by atoms with Crippen LogP contribution in [0.3, 0.4) is 0 Å². The summed E-state index contributed by atoms with van der Waals surface area (Å²) in [6.45, 7) is 4.26. The Kier molecular flexibility index (Phi) is 4.82. The molecule has 1 nitrogen and oxygen atoms in total. The van der Waals surface area contributed by atoms with E-state index in [4.69, 9.17) is 5.11 Å². The zero-order valence-electron chi connectivity index (χ0n) is 7.33. The van der Waals surface area contributed by atoms with E-state index >= 15 is 0 Å². The van der Waals surface area contributed by atoms with Crippen LogP contribution in [0.2, 0.25) is 0 Å². The Morgan fingerprint density at radius 3 is 1.91 bits per heavy atom. The first-order valence-electron chi connectivity index (χ1n) is 3.49. The predicted molar refractivity (Wildman–Crippen MR) is 47.9 cm³/mol.